The van der Waals surface area contributed by atoms with Gasteiger partial charge in [-0.15, -0.1) is 0 Å². The summed E-state index contributed by atoms with van der Waals surface area (Å²) in [5.74, 6) is 0.642. The van der Waals surface area contributed by atoms with Crippen molar-refractivity contribution in [2.45, 2.75) is 31.7 Å². The highest BCUT2D eigenvalue weighted by Crippen LogP contribution is 2.39. The smallest absolute Gasteiger partial charge is 0.250 e. The van der Waals surface area contributed by atoms with Crippen molar-refractivity contribution in [1.82, 2.24) is 4.90 Å². The molecule has 1 aromatic carbocycles. The average Bonchev–Trinajstić information content (AvgIpc) is 3.00. The van der Waals surface area contributed by atoms with Crippen LogP contribution < -0.4 is 4.74 Å². The predicted octanol–water partition coefficient (Wildman–Crippen LogP) is 1.95. The predicted molar refractivity (Wildman–Crippen MR) is 99.6 cm³/mol. The van der Waals surface area contributed by atoms with E-state index in [2.05, 4.69) is 4.99 Å². The second-order valence-corrected chi connectivity index (χ2v) is 10.0. The molecule has 0 spiro atoms. The van der Waals surface area contributed by atoms with Crippen molar-refractivity contribution >= 4 is 32.7 Å². The van der Waals surface area contributed by atoms with Gasteiger partial charge in [-0.25, -0.2) is 8.42 Å². The van der Waals surface area contributed by atoms with E-state index in [1.807, 2.05) is 43.0 Å². The number of sulfone groups is 1. The first-order chi connectivity index (χ1) is 11.8. The van der Waals surface area contributed by atoms with Crippen LogP contribution in [0, 0.1) is 5.92 Å². The monoisotopic (exact) mass is 382 g/mol. The highest BCUT2D eigenvalue weighted by atomic mass is 32.2. The van der Waals surface area contributed by atoms with Crippen molar-refractivity contribution in [3.05, 3.63) is 29.8 Å². The zero-order valence-electron chi connectivity index (χ0n) is 14.5. The van der Waals surface area contributed by atoms with Crippen molar-refractivity contribution < 1.29 is 17.9 Å². The number of rotatable bonds is 4. The van der Waals surface area contributed by atoms with E-state index in [1.54, 1.807) is 7.11 Å². The van der Waals surface area contributed by atoms with Gasteiger partial charge in [-0.3, -0.25) is 4.79 Å². The molecule has 0 unspecified atom stereocenters. The molecule has 2 heterocycles. The topological polar surface area (TPSA) is 76.0 Å². The second-order valence-electron chi connectivity index (χ2n) is 6.67. The second kappa shape index (κ2) is 6.99. The van der Waals surface area contributed by atoms with Gasteiger partial charge in [-0.2, -0.15) is 4.99 Å². The van der Waals surface area contributed by atoms with Crippen molar-refractivity contribution in [3.8, 4) is 5.75 Å². The quantitative estimate of drug-likeness (QED) is 0.792. The van der Waals surface area contributed by atoms with E-state index in [4.69, 9.17) is 4.74 Å². The number of fused-ring (bicyclic) bond motifs is 1. The Kier molecular flexibility index (Phi) is 5.11. The van der Waals surface area contributed by atoms with Gasteiger partial charge in [0.05, 0.1) is 24.7 Å². The summed E-state index contributed by atoms with van der Waals surface area (Å²) < 4.78 is 29.3. The number of thioether (sulfide) groups is 1. The number of amides is 1. The molecule has 0 bridgehead atoms. The summed E-state index contributed by atoms with van der Waals surface area (Å²) in [6, 6.07) is 7.51. The summed E-state index contributed by atoms with van der Waals surface area (Å²) in [6.45, 7) is 4.12. The lowest BCUT2D eigenvalue weighted by molar-refractivity contribution is -0.120. The zero-order valence-corrected chi connectivity index (χ0v) is 16.1. The molecular weight excluding hydrogens is 360 g/mol. The minimum absolute atomic E-state index is 0.0608. The van der Waals surface area contributed by atoms with Gasteiger partial charge in [0.1, 0.15) is 5.75 Å². The van der Waals surface area contributed by atoms with Crippen LogP contribution in [0.15, 0.2) is 29.3 Å². The Labute approximate surface area is 152 Å². The standard InChI is InChI=1S/C17H22N2O4S2/c1-11(2)16(20)18-17-19(8-12-5-4-6-13(7-12)23-3)14-9-25(21,22)10-15(14)24-17/h4-7,11,14-15H,8-10H2,1-3H3/t14-,15-/m1/s1. The third kappa shape index (κ3) is 4.00. The maximum atomic E-state index is 12.1. The fourth-order valence-electron chi connectivity index (χ4n) is 3.01. The Bertz CT molecular complexity index is 805. The first kappa shape index (κ1) is 18.3. The van der Waals surface area contributed by atoms with Gasteiger partial charge in [0.2, 0.25) is 0 Å². The highest BCUT2D eigenvalue weighted by molar-refractivity contribution is 8.15. The number of carbonyl (C=O) groups excluding carboxylic acids is 1. The first-order valence-corrected chi connectivity index (χ1v) is 10.9. The minimum Gasteiger partial charge on any atom is -0.497 e. The van der Waals surface area contributed by atoms with Crippen LogP contribution in [0.4, 0.5) is 0 Å². The third-order valence-corrected chi connectivity index (χ3v) is 7.61. The molecule has 0 radical (unpaired) electrons. The summed E-state index contributed by atoms with van der Waals surface area (Å²) >= 11 is 1.41. The van der Waals surface area contributed by atoms with E-state index < -0.39 is 9.84 Å². The van der Waals surface area contributed by atoms with Crippen LogP contribution in [0.2, 0.25) is 0 Å². The summed E-state index contributed by atoms with van der Waals surface area (Å²) in [5.41, 5.74) is 0.995. The molecule has 0 aliphatic carbocycles. The Morgan fingerprint density at radius 3 is 2.84 bits per heavy atom. The molecule has 2 aliphatic heterocycles. The molecule has 2 saturated heterocycles. The first-order valence-electron chi connectivity index (χ1n) is 8.18. The van der Waals surface area contributed by atoms with Crippen LogP contribution in [0.3, 0.4) is 0 Å². The summed E-state index contributed by atoms with van der Waals surface area (Å²) in [5, 5.41) is 0.570. The van der Waals surface area contributed by atoms with E-state index in [-0.39, 0.29) is 34.6 Å². The molecule has 0 aromatic heterocycles. The van der Waals surface area contributed by atoms with Gasteiger partial charge in [-0.05, 0) is 17.7 Å². The molecular formula is C17H22N2O4S2. The zero-order chi connectivity index (χ0) is 18.2. The molecule has 3 rings (SSSR count). The SMILES string of the molecule is COc1cccc(CN2C(=NC(=O)C(C)C)S[C@@H]3CS(=O)(=O)C[C@H]32)c1. The molecule has 6 nitrogen and oxygen atoms in total. The Balaban J connectivity index is 1.90. The van der Waals surface area contributed by atoms with E-state index in [0.717, 1.165) is 11.3 Å². The normalized spacial score (nSPS) is 26.2. The Morgan fingerprint density at radius 1 is 1.40 bits per heavy atom. The van der Waals surface area contributed by atoms with E-state index in [9.17, 15) is 13.2 Å². The van der Waals surface area contributed by atoms with Crippen LogP contribution >= 0.6 is 11.8 Å². The molecule has 25 heavy (non-hydrogen) atoms. The Morgan fingerprint density at radius 2 is 2.16 bits per heavy atom. The average molecular weight is 383 g/mol. The number of amidine groups is 1. The molecule has 2 aliphatic rings. The third-order valence-electron chi connectivity index (χ3n) is 4.36. The van der Waals surface area contributed by atoms with Crippen LogP contribution in [-0.2, 0) is 21.2 Å². The van der Waals surface area contributed by atoms with Gasteiger partial charge in [0, 0.05) is 17.7 Å². The molecule has 136 valence electrons. The number of carbonyl (C=O) groups is 1. The summed E-state index contributed by atoms with van der Waals surface area (Å²) in [4.78, 5) is 18.3. The van der Waals surface area contributed by atoms with Crippen molar-refractivity contribution in [3.63, 3.8) is 0 Å². The fraction of sp³-hybridized carbons (Fsp3) is 0.529. The molecule has 0 saturated carbocycles. The van der Waals surface area contributed by atoms with Crippen molar-refractivity contribution in [2.75, 3.05) is 18.6 Å². The summed E-state index contributed by atoms with van der Waals surface area (Å²) in [7, 11) is -1.43. The van der Waals surface area contributed by atoms with E-state index in [1.165, 1.54) is 11.8 Å². The molecule has 2 fully saturated rings. The van der Waals surface area contributed by atoms with Gasteiger partial charge in [-0.1, -0.05) is 37.7 Å². The maximum absolute atomic E-state index is 12.1. The number of ether oxygens (including phenoxy) is 1. The lowest BCUT2D eigenvalue weighted by Crippen LogP contribution is -2.37. The van der Waals surface area contributed by atoms with Gasteiger partial charge >= 0.3 is 0 Å². The highest BCUT2D eigenvalue weighted by Gasteiger charge is 2.48. The minimum atomic E-state index is -3.04. The number of benzene rings is 1. The van der Waals surface area contributed by atoms with Crippen molar-refractivity contribution in [1.29, 1.82) is 0 Å². The number of nitrogens with zero attached hydrogens (tertiary/aromatic N) is 2. The van der Waals surface area contributed by atoms with E-state index >= 15 is 0 Å². The number of aliphatic imine (C=N–C) groups is 1. The molecule has 0 N–H and O–H groups in total. The van der Waals surface area contributed by atoms with Gasteiger partial charge in [0.25, 0.3) is 5.91 Å². The molecule has 2 atom stereocenters. The Hall–Kier alpha value is -1.54. The van der Waals surface area contributed by atoms with Gasteiger partial charge < -0.3 is 9.64 Å². The van der Waals surface area contributed by atoms with Crippen LogP contribution in [0.5, 0.6) is 5.75 Å². The lowest BCUT2D eigenvalue weighted by Gasteiger charge is -2.24. The maximum Gasteiger partial charge on any atom is 0.250 e. The number of methoxy groups -OCH3 is 1. The largest absolute Gasteiger partial charge is 0.497 e. The summed E-state index contributed by atoms with van der Waals surface area (Å²) in [6.07, 6.45) is 0. The molecule has 8 heteroatoms. The number of hydrogen-bond acceptors (Lipinski definition) is 5. The molecule has 1 amide bonds. The number of hydrogen-bond donors (Lipinski definition) is 0. The van der Waals surface area contributed by atoms with Gasteiger partial charge in [0.15, 0.2) is 15.0 Å². The van der Waals surface area contributed by atoms with Crippen LogP contribution in [-0.4, -0.2) is 54.3 Å². The lowest BCUT2D eigenvalue weighted by atomic mass is 10.1. The fourth-order valence-corrected chi connectivity index (χ4v) is 6.97. The van der Waals surface area contributed by atoms with Crippen LogP contribution in [0.25, 0.3) is 0 Å². The van der Waals surface area contributed by atoms with Crippen molar-refractivity contribution in [2.24, 2.45) is 10.9 Å². The molecule has 1 aromatic rings. The van der Waals surface area contributed by atoms with E-state index in [0.29, 0.717) is 11.7 Å². The van der Waals surface area contributed by atoms with Crippen LogP contribution in [0.1, 0.15) is 19.4 Å².